The molecular formula is C16H23F3IN3. The first kappa shape index (κ1) is 20.1. The van der Waals surface area contributed by atoms with Gasteiger partial charge in [0.15, 0.2) is 5.96 Å². The predicted octanol–water partition coefficient (Wildman–Crippen LogP) is 3.93. The topological polar surface area (TPSA) is 36.4 Å². The molecule has 2 N–H and O–H groups in total. The van der Waals surface area contributed by atoms with Crippen molar-refractivity contribution in [2.45, 2.75) is 44.3 Å². The Kier molecular flexibility index (Phi) is 6.73. The Bertz CT molecular complexity index is 552. The largest absolute Gasteiger partial charge is 0.416 e. The summed E-state index contributed by atoms with van der Waals surface area (Å²) in [6.45, 7) is 4.60. The molecule has 1 aliphatic carbocycles. The molecule has 0 bridgehead atoms. The highest BCUT2D eigenvalue weighted by atomic mass is 127. The van der Waals surface area contributed by atoms with Crippen molar-refractivity contribution < 1.29 is 13.2 Å². The van der Waals surface area contributed by atoms with Crippen LogP contribution in [0, 0.1) is 0 Å². The Balaban J connectivity index is 0.00000264. The van der Waals surface area contributed by atoms with Gasteiger partial charge in [-0.1, -0.05) is 18.2 Å². The molecule has 1 aromatic carbocycles. The lowest BCUT2D eigenvalue weighted by Gasteiger charge is -2.21. The number of nitrogens with zero attached hydrogens (tertiary/aromatic N) is 1. The van der Waals surface area contributed by atoms with E-state index in [-0.39, 0.29) is 35.4 Å². The number of nitrogens with one attached hydrogen (secondary N) is 2. The van der Waals surface area contributed by atoms with E-state index in [4.69, 9.17) is 0 Å². The van der Waals surface area contributed by atoms with E-state index >= 15 is 0 Å². The minimum atomic E-state index is -4.30. The van der Waals surface area contributed by atoms with Crippen LogP contribution in [0.15, 0.2) is 29.3 Å². The van der Waals surface area contributed by atoms with Crippen molar-refractivity contribution in [3.8, 4) is 0 Å². The van der Waals surface area contributed by atoms with Gasteiger partial charge in [-0.2, -0.15) is 13.2 Å². The Labute approximate surface area is 152 Å². The minimum Gasteiger partial charge on any atom is -0.356 e. The van der Waals surface area contributed by atoms with E-state index in [2.05, 4.69) is 15.6 Å². The van der Waals surface area contributed by atoms with E-state index in [1.54, 1.807) is 13.1 Å². The van der Waals surface area contributed by atoms with Crippen LogP contribution in [0.25, 0.3) is 0 Å². The van der Waals surface area contributed by atoms with Crippen LogP contribution in [0.5, 0.6) is 0 Å². The average molecular weight is 441 g/mol. The number of aliphatic imine (C=N–C) groups is 1. The molecule has 0 aliphatic heterocycles. The lowest BCUT2D eigenvalue weighted by atomic mass is 9.94. The maximum atomic E-state index is 12.8. The Morgan fingerprint density at radius 2 is 1.96 bits per heavy atom. The fourth-order valence-corrected chi connectivity index (χ4v) is 2.46. The van der Waals surface area contributed by atoms with Crippen molar-refractivity contribution in [3.63, 3.8) is 0 Å². The number of halogens is 4. The van der Waals surface area contributed by atoms with Gasteiger partial charge in [0, 0.05) is 25.0 Å². The van der Waals surface area contributed by atoms with Crippen molar-refractivity contribution in [1.29, 1.82) is 0 Å². The molecule has 1 saturated carbocycles. The molecule has 0 spiro atoms. The molecule has 7 heteroatoms. The second-order valence-electron chi connectivity index (χ2n) is 6.08. The van der Waals surface area contributed by atoms with Gasteiger partial charge in [0.05, 0.1) is 5.56 Å². The number of benzene rings is 1. The maximum Gasteiger partial charge on any atom is 0.416 e. The van der Waals surface area contributed by atoms with E-state index in [0.717, 1.165) is 24.5 Å². The molecule has 0 radical (unpaired) electrons. The van der Waals surface area contributed by atoms with Crippen LogP contribution >= 0.6 is 24.0 Å². The van der Waals surface area contributed by atoms with Crippen LogP contribution < -0.4 is 10.6 Å². The summed E-state index contributed by atoms with van der Waals surface area (Å²) < 4.78 is 38.5. The summed E-state index contributed by atoms with van der Waals surface area (Å²) >= 11 is 0. The molecule has 0 unspecified atom stereocenters. The third kappa shape index (κ3) is 5.26. The standard InChI is InChI=1S/C16H22F3N3.HI/c1-11(2)22-14(20-3)21-10-15(7-8-15)12-5-4-6-13(9-12)16(17,18)19;/h4-6,9,11H,7-8,10H2,1-3H3,(H2,20,21,22);1H. The molecule has 1 aromatic rings. The molecule has 0 saturated heterocycles. The first-order valence-electron chi connectivity index (χ1n) is 7.42. The van der Waals surface area contributed by atoms with Gasteiger partial charge in [0.25, 0.3) is 0 Å². The summed E-state index contributed by atoms with van der Waals surface area (Å²) in [5.41, 5.74) is -0.0497. The fraction of sp³-hybridized carbons (Fsp3) is 0.562. The van der Waals surface area contributed by atoms with Crippen LogP contribution in [0.1, 0.15) is 37.8 Å². The molecule has 0 aromatic heterocycles. The third-order valence-corrected chi connectivity index (χ3v) is 3.90. The average Bonchev–Trinajstić information content (AvgIpc) is 3.23. The van der Waals surface area contributed by atoms with E-state index in [0.29, 0.717) is 12.5 Å². The molecule has 130 valence electrons. The third-order valence-electron chi connectivity index (χ3n) is 3.90. The maximum absolute atomic E-state index is 12.8. The summed E-state index contributed by atoms with van der Waals surface area (Å²) in [4.78, 5) is 4.12. The van der Waals surface area contributed by atoms with Gasteiger partial charge >= 0.3 is 6.18 Å². The molecule has 3 nitrogen and oxygen atoms in total. The van der Waals surface area contributed by atoms with E-state index in [1.807, 2.05) is 13.8 Å². The summed E-state index contributed by atoms with van der Waals surface area (Å²) in [5.74, 6) is 0.674. The first-order valence-corrected chi connectivity index (χ1v) is 7.42. The molecular weight excluding hydrogens is 418 g/mol. The number of rotatable bonds is 4. The lowest BCUT2D eigenvalue weighted by Crippen LogP contribution is -2.44. The van der Waals surface area contributed by atoms with E-state index in [9.17, 15) is 13.2 Å². The van der Waals surface area contributed by atoms with Gasteiger partial charge in [-0.05, 0) is 38.3 Å². The Morgan fingerprint density at radius 1 is 1.30 bits per heavy atom. The fourth-order valence-electron chi connectivity index (χ4n) is 2.46. The van der Waals surface area contributed by atoms with Gasteiger partial charge in [-0.3, -0.25) is 4.99 Å². The van der Waals surface area contributed by atoms with Crippen LogP contribution in [0.4, 0.5) is 13.2 Å². The smallest absolute Gasteiger partial charge is 0.356 e. The van der Waals surface area contributed by atoms with Crippen molar-refractivity contribution in [3.05, 3.63) is 35.4 Å². The van der Waals surface area contributed by atoms with Crippen molar-refractivity contribution in [1.82, 2.24) is 10.6 Å². The highest BCUT2D eigenvalue weighted by Gasteiger charge is 2.45. The van der Waals surface area contributed by atoms with Crippen LogP contribution in [0.3, 0.4) is 0 Å². The van der Waals surface area contributed by atoms with Gasteiger partial charge < -0.3 is 10.6 Å². The monoisotopic (exact) mass is 441 g/mol. The molecule has 1 fully saturated rings. The quantitative estimate of drug-likeness (QED) is 0.422. The molecule has 0 amide bonds. The summed E-state index contributed by atoms with van der Waals surface area (Å²) in [5, 5.41) is 6.39. The number of hydrogen-bond donors (Lipinski definition) is 2. The molecule has 23 heavy (non-hydrogen) atoms. The summed E-state index contributed by atoms with van der Waals surface area (Å²) in [7, 11) is 1.68. The van der Waals surface area contributed by atoms with Crippen molar-refractivity contribution in [2.75, 3.05) is 13.6 Å². The van der Waals surface area contributed by atoms with Gasteiger partial charge in [0.1, 0.15) is 0 Å². The zero-order valence-electron chi connectivity index (χ0n) is 13.5. The zero-order chi connectivity index (χ0) is 16.4. The van der Waals surface area contributed by atoms with Crippen molar-refractivity contribution in [2.24, 2.45) is 4.99 Å². The number of guanidine groups is 1. The van der Waals surface area contributed by atoms with E-state index < -0.39 is 11.7 Å². The SMILES string of the molecule is CN=C(NCC1(c2cccc(C(F)(F)F)c2)CC1)NC(C)C.I. The van der Waals surface area contributed by atoms with E-state index in [1.165, 1.54) is 12.1 Å². The predicted molar refractivity (Wildman–Crippen MR) is 97.4 cm³/mol. The highest BCUT2D eigenvalue weighted by Crippen LogP contribution is 2.48. The van der Waals surface area contributed by atoms with Crippen LogP contribution in [-0.4, -0.2) is 25.6 Å². The molecule has 0 heterocycles. The first-order chi connectivity index (χ1) is 10.3. The lowest BCUT2D eigenvalue weighted by molar-refractivity contribution is -0.137. The second-order valence-corrected chi connectivity index (χ2v) is 6.08. The van der Waals surface area contributed by atoms with Gasteiger partial charge in [-0.25, -0.2) is 0 Å². The summed E-state index contributed by atoms with van der Waals surface area (Å²) in [6.07, 6.45) is -2.52. The van der Waals surface area contributed by atoms with Crippen LogP contribution in [-0.2, 0) is 11.6 Å². The minimum absolute atomic E-state index is 0. The normalized spacial score (nSPS) is 16.7. The van der Waals surface area contributed by atoms with Gasteiger partial charge in [-0.15, -0.1) is 24.0 Å². The Hall–Kier alpha value is -0.990. The van der Waals surface area contributed by atoms with Crippen molar-refractivity contribution >= 4 is 29.9 Å². The van der Waals surface area contributed by atoms with Gasteiger partial charge in [0.2, 0.25) is 0 Å². The molecule has 2 rings (SSSR count). The second kappa shape index (κ2) is 7.72. The molecule has 0 atom stereocenters. The molecule has 1 aliphatic rings. The highest BCUT2D eigenvalue weighted by molar-refractivity contribution is 14.0. The number of alkyl halides is 3. The van der Waals surface area contributed by atoms with Crippen LogP contribution in [0.2, 0.25) is 0 Å². The Morgan fingerprint density at radius 3 is 2.43 bits per heavy atom. The zero-order valence-corrected chi connectivity index (χ0v) is 15.8. The summed E-state index contributed by atoms with van der Waals surface area (Å²) in [6, 6.07) is 5.90. The number of hydrogen-bond acceptors (Lipinski definition) is 1.